The Kier molecular flexibility index (Phi) is 3.98. The van der Waals surface area contributed by atoms with E-state index in [0.717, 1.165) is 6.54 Å². The molecule has 1 saturated heterocycles. The number of hydrogen-bond acceptors (Lipinski definition) is 1. The van der Waals surface area contributed by atoms with E-state index in [-0.39, 0.29) is 0 Å². The Morgan fingerprint density at radius 2 is 2.07 bits per heavy atom. The molecule has 15 heavy (non-hydrogen) atoms. The van der Waals surface area contributed by atoms with E-state index >= 15 is 0 Å². The molecule has 0 amide bonds. The maximum absolute atomic E-state index is 3.42. The first-order valence-corrected chi connectivity index (χ1v) is 5.88. The average molecular weight is 201 g/mol. The minimum atomic E-state index is 1.11. The normalized spacial score (nSPS) is 19.3. The van der Waals surface area contributed by atoms with Crippen molar-refractivity contribution in [3.63, 3.8) is 0 Å². The monoisotopic (exact) mass is 201 g/mol. The van der Waals surface area contributed by atoms with E-state index in [9.17, 15) is 0 Å². The Hall–Kier alpha value is -1.08. The first-order valence-electron chi connectivity index (χ1n) is 5.88. The fraction of sp³-hybridized carbons (Fsp3) is 0.429. The van der Waals surface area contributed by atoms with Gasteiger partial charge in [0.2, 0.25) is 0 Å². The van der Waals surface area contributed by atoms with Gasteiger partial charge in [-0.05, 0) is 37.8 Å². The molecule has 0 saturated carbocycles. The molecule has 0 aliphatic carbocycles. The van der Waals surface area contributed by atoms with Gasteiger partial charge in [0.15, 0.2) is 0 Å². The zero-order valence-corrected chi connectivity index (χ0v) is 9.21. The van der Waals surface area contributed by atoms with Gasteiger partial charge in [-0.1, -0.05) is 42.0 Å². The Balaban J connectivity index is 1.78. The summed E-state index contributed by atoms with van der Waals surface area (Å²) in [5, 5.41) is 3.42. The second kappa shape index (κ2) is 5.72. The number of hydrogen-bond donors (Lipinski definition) is 1. The van der Waals surface area contributed by atoms with Crippen molar-refractivity contribution in [2.75, 3.05) is 13.1 Å². The van der Waals surface area contributed by atoms with Crippen molar-refractivity contribution in [3.05, 3.63) is 47.5 Å². The molecule has 1 fully saturated rings. The second-order valence-corrected chi connectivity index (χ2v) is 4.17. The van der Waals surface area contributed by atoms with Gasteiger partial charge in [0.25, 0.3) is 0 Å². The molecule has 1 aromatic carbocycles. The lowest BCUT2D eigenvalue weighted by atomic mass is 10.0. The van der Waals surface area contributed by atoms with Crippen LogP contribution >= 0.6 is 0 Å². The second-order valence-electron chi connectivity index (χ2n) is 4.17. The third kappa shape index (κ3) is 3.52. The predicted molar refractivity (Wildman–Crippen MR) is 64.9 cm³/mol. The Morgan fingerprint density at radius 1 is 1.20 bits per heavy atom. The van der Waals surface area contributed by atoms with E-state index in [0.29, 0.717) is 0 Å². The van der Waals surface area contributed by atoms with Gasteiger partial charge in [0.05, 0.1) is 0 Å². The maximum atomic E-state index is 3.42. The van der Waals surface area contributed by atoms with Crippen LogP contribution in [0.15, 0.2) is 42.0 Å². The Bertz CT molecular complexity index is 305. The molecule has 0 radical (unpaired) electrons. The summed E-state index contributed by atoms with van der Waals surface area (Å²) in [5.74, 6) is 0. The quantitative estimate of drug-likeness (QED) is 0.741. The van der Waals surface area contributed by atoms with Gasteiger partial charge in [0.1, 0.15) is 0 Å². The first-order chi connectivity index (χ1) is 7.45. The Labute approximate surface area is 92.2 Å². The zero-order chi connectivity index (χ0) is 10.3. The van der Waals surface area contributed by atoms with E-state index in [1.807, 2.05) is 0 Å². The van der Waals surface area contributed by atoms with Crippen LogP contribution in [-0.2, 0) is 6.42 Å². The fourth-order valence-electron chi connectivity index (χ4n) is 2.04. The van der Waals surface area contributed by atoms with Gasteiger partial charge in [-0.25, -0.2) is 0 Å². The molecule has 0 spiro atoms. The van der Waals surface area contributed by atoms with Crippen molar-refractivity contribution >= 4 is 0 Å². The van der Waals surface area contributed by atoms with Crippen LogP contribution in [0.5, 0.6) is 0 Å². The van der Waals surface area contributed by atoms with Gasteiger partial charge in [-0.15, -0.1) is 0 Å². The lowest BCUT2D eigenvalue weighted by Gasteiger charge is -2.15. The number of aryl methyl sites for hydroxylation is 1. The molecule has 1 N–H and O–H groups in total. The topological polar surface area (TPSA) is 12.0 Å². The largest absolute Gasteiger partial charge is 0.313 e. The summed E-state index contributed by atoms with van der Waals surface area (Å²) < 4.78 is 0. The van der Waals surface area contributed by atoms with Crippen LogP contribution in [0.2, 0.25) is 0 Å². The molecule has 2 rings (SSSR count). The van der Waals surface area contributed by atoms with Crippen molar-refractivity contribution in [2.24, 2.45) is 0 Å². The smallest absolute Gasteiger partial charge is 0.0164 e. The van der Waals surface area contributed by atoms with Crippen molar-refractivity contribution in [2.45, 2.75) is 25.7 Å². The summed E-state index contributed by atoms with van der Waals surface area (Å²) in [6.45, 7) is 2.30. The SMILES string of the molecule is C(CCc1ccccc1)=C1CCCNC1. The molecule has 0 aromatic heterocycles. The molecule has 1 nitrogen and oxygen atoms in total. The highest BCUT2D eigenvalue weighted by molar-refractivity contribution is 5.16. The van der Waals surface area contributed by atoms with Crippen LogP contribution in [0, 0.1) is 0 Å². The van der Waals surface area contributed by atoms with Crippen LogP contribution in [0.1, 0.15) is 24.8 Å². The number of benzene rings is 1. The highest BCUT2D eigenvalue weighted by atomic mass is 14.9. The lowest BCUT2D eigenvalue weighted by Crippen LogP contribution is -2.23. The van der Waals surface area contributed by atoms with Crippen LogP contribution in [0.25, 0.3) is 0 Å². The van der Waals surface area contributed by atoms with Gasteiger partial charge >= 0.3 is 0 Å². The fourth-order valence-corrected chi connectivity index (χ4v) is 2.04. The van der Waals surface area contributed by atoms with E-state index < -0.39 is 0 Å². The van der Waals surface area contributed by atoms with E-state index in [1.54, 1.807) is 5.57 Å². The van der Waals surface area contributed by atoms with Crippen LogP contribution < -0.4 is 5.32 Å². The summed E-state index contributed by atoms with van der Waals surface area (Å²) in [6.07, 6.45) is 7.36. The van der Waals surface area contributed by atoms with Crippen molar-refractivity contribution in [3.8, 4) is 0 Å². The summed E-state index contributed by atoms with van der Waals surface area (Å²) >= 11 is 0. The van der Waals surface area contributed by atoms with Gasteiger partial charge in [-0.2, -0.15) is 0 Å². The maximum Gasteiger partial charge on any atom is 0.0164 e. The first kappa shape index (κ1) is 10.4. The summed E-state index contributed by atoms with van der Waals surface area (Å²) in [6, 6.07) is 10.7. The van der Waals surface area contributed by atoms with Gasteiger partial charge in [-0.3, -0.25) is 0 Å². The summed E-state index contributed by atoms with van der Waals surface area (Å²) in [5.41, 5.74) is 3.04. The van der Waals surface area contributed by atoms with Gasteiger partial charge < -0.3 is 5.32 Å². The minimum Gasteiger partial charge on any atom is -0.313 e. The van der Waals surface area contributed by atoms with E-state index in [4.69, 9.17) is 0 Å². The number of allylic oxidation sites excluding steroid dienone is 1. The minimum absolute atomic E-state index is 1.11. The molecular formula is C14H19N. The molecule has 1 heterocycles. The molecule has 1 aromatic rings. The molecule has 80 valence electrons. The molecule has 1 aliphatic rings. The number of nitrogens with one attached hydrogen (secondary N) is 1. The van der Waals surface area contributed by atoms with Crippen molar-refractivity contribution in [1.82, 2.24) is 5.32 Å². The van der Waals surface area contributed by atoms with E-state index in [1.165, 1.54) is 37.8 Å². The molecule has 0 bridgehead atoms. The number of rotatable bonds is 3. The highest BCUT2D eigenvalue weighted by Crippen LogP contribution is 2.11. The summed E-state index contributed by atoms with van der Waals surface area (Å²) in [4.78, 5) is 0. The van der Waals surface area contributed by atoms with Crippen LogP contribution in [0.3, 0.4) is 0 Å². The highest BCUT2D eigenvalue weighted by Gasteiger charge is 2.02. The van der Waals surface area contributed by atoms with E-state index in [2.05, 4.69) is 41.7 Å². The van der Waals surface area contributed by atoms with Gasteiger partial charge in [0, 0.05) is 6.54 Å². The molecule has 1 heteroatoms. The molecule has 0 unspecified atom stereocenters. The average Bonchev–Trinajstić information content (AvgIpc) is 2.32. The third-order valence-electron chi connectivity index (χ3n) is 2.91. The molecule has 1 aliphatic heterocycles. The van der Waals surface area contributed by atoms with Crippen molar-refractivity contribution in [1.29, 1.82) is 0 Å². The van der Waals surface area contributed by atoms with Crippen LogP contribution in [-0.4, -0.2) is 13.1 Å². The third-order valence-corrected chi connectivity index (χ3v) is 2.91. The predicted octanol–water partition coefficient (Wildman–Crippen LogP) is 2.93. The number of piperidine rings is 1. The standard InChI is InChI=1S/C14H19N/c1-2-6-13(7-3-1)8-4-9-14-10-5-11-15-12-14/h1-3,6-7,9,15H,4-5,8,10-12H2. The zero-order valence-electron chi connectivity index (χ0n) is 9.21. The Morgan fingerprint density at radius 3 is 2.80 bits per heavy atom. The molecule has 0 atom stereocenters. The van der Waals surface area contributed by atoms with Crippen molar-refractivity contribution < 1.29 is 0 Å². The summed E-state index contributed by atoms with van der Waals surface area (Å²) in [7, 11) is 0. The lowest BCUT2D eigenvalue weighted by molar-refractivity contribution is 0.606. The molecular weight excluding hydrogens is 182 g/mol. The van der Waals surface area contributed by atoms with Crippen LogP contribution in [0.4, 0.5) is 0 Å².